The maximum Gasteiger partial charge on any atom is 0.220 e. The number of hydrogen-bond acceptors (Lipinski definition) is 4. The van der Waals surface area contributed by atoms with E-state index in [1.54, 1.807) is 6.20 Å². The molecule has 0 bridgehead atoms. The highest BCUT2D eigenvalue weighted by molar-refractivity contribution is 7.16. The zero-order valence-corrected chi connectivity index (χ0v) is 14.6. The molecule has 0 aliphatic heterocycles. The van der Waals surface area contributed by atoms with Crippen molar-refractivity contribution in [2.75, 3.05) is 0 Å². The predicted octanol–water partition coefficient (Wildman–Crippen LogP) is 4.70. The van der Waals surface area contributed by atoms with Crippen molar-refractivity contribution in [3.05, 3.63) is 63.8 Å². The first-order valence-electron chi connectivity index (χ1n) is 7.72. The average Bonchev–Trinajstić information content (AvgIpc) is 3.23. The van der Waals surface area contributed by atoms with Crippen molar-refractivity contribution in [3.63, 3.8) is 0 Å². The van der Waals surface area contributed by atoms with Gasteiger partial charge in [-0.3, -0.25) is 4.79 Å². The lowest BCUT2D eigenvalue weighted by Crippen LogP contribution is -2.21. The monoisotopic (exact) mass is 360 g/mol. The Labute approximate surface area is 149 Å². The molecule has 0 unspecified atom stereocenters. The number of rotatable bonds is 7. The molecule has 6 heteroatoms. The van der Waals surface area contributed by atoms with Gasteiger partial charge in [0.25, 0.3) is 0 Å². The summed E-state index contributed by atoms with van der Waals surface area (Å²) in [6, 6.07) is 13.6. The molecule has 2 aromatic heterocycles. The number of amides is 1. The molecule has 3 rings (SSSR count). The average molecular weight is 361 g/mol. The summed E-state index contributed by atoms with van der Waals surface area (Å²) < 4.78 is 6.46. The molecule has 0 spiro atoms. The van der Waals surface area contributed by atoms with E-state index in [0.29, 0.717) is 31.7 Å². The molecule has 1 N–H and O–H groups in total. The first-order chi connectivity index (χ1) is 11.7. The molecule has 3 aromatic rings. The van der Waals surface area contributed by atoms with E-state index in [4.69, 9.17) is 16.0 Å². The minimum absolute atomic E-state index is 0.0226. The van der Waals surface area contributed by atoms with Gasteiger partial charge in [0, 0.05) is 23.3 Å². The van der Waals surface area contributed by atoms with Crippen LogP contribution in [0.4, 0.5) is 0 Å². The maximum absolute atomic E-state index is 11.8. The van der Waals surface area contributed by atoms with Crippen LogP contribution in [0.2, 0.25) is 4.34 Å². The van der Waals surface area contributed by atoms with E-state index >= 15 is 0 Å². The number of hydrogen-bond donors (Lipinski definition) is 1. The molecule has 0 atom stereocenters. The molecular weight excluding hydrogens is 344 g/mol. The summed E-state index contributed by atoms with van der Waals surface area (Å²) in [5.74, 6) is 1.44. The fraction of sp³-hybridized carbons (Fsp3) is 0.222. The van der Waals surface area contributed by atoms with E-state index in [9.17, 15) is 4.79 Å². The van der Waals surface area contributed by atoms with Gasteiger partial charge in [-0.15, -0.1) is 11.3 Å². The van der Waals surface area contributed by atoms with Crippen molar-refractivity contribution in [1.29, 1.82) is 0 Å². The molecule has 0 aliphatic rings. The summed E-state index contributed by atoms with van der Waals surface area (Å²) in [4.78, 5) is 17.2. The van der Waals surface area contributed by atoms with Crippen LogP contribution in [0.25, 0.3) is 11.3 Å². The Morgan fingerprint density at radius 1 is 1.21 bits per heavy atom. The molecule has 0 saturated carbocycles. The molecule has 1 amide bonds. The van der Waals surface area contributed by atoms with Crippen molar-refractivity contribution in [2.45, 2.75) is 25.8 Å². The van der Waals surface area contributed by atoms with Gasteiger partial charge in [0.15, 0.2) is 11.7 Å². The van der Waals surface area contributed by atoms with Crippen molar-refractivity contribution in [1.82, 2.24) is 10.3 Å². The van der Waals surface area contributed by atoms with Gasteiger partial charge in [0.1, 0.15) is 0 Å². The van der Waals surface area contributed by atoms with Gasteiger partial charge < -0.3 is 9.73 Å². The predicted molar refractivity (Wildman–Crippen MR) is 96.1 cm³/mol. The zero-order chi connectivity index (χ0) is 16.8. The second kappa shape index (κ2) is 8.13. The van der Waals surface area contributed by atoms with Crippen LogP contribution in [0.1, 0.15) is 23.6 Å². The van der Waals surface area contributed by atoms with E-state index in [0.717, 1.165) is 20.5 Å². The fourth-order valence-corrected chi connectivity index (χ4v) is 3.31. The molecule has 24 heavy (non-hydrogen) atoms. The van der Waals surface area contributed by atoms with Crippen molar-refractivity contribution in [2.24, 2.45) is 0 Å². The summed E-state index contributed by atoms with van der Waals surface area (Å²) >= 11 is 7.34. The third kappa shape index (κ3) is 4.69. The molecule has 1 aromatic carbocycles. The van der Waals surface area contributed by atoms with Crippen LogP contribution in [0.3, 0.4) is 0 Å². The molecule has 2 heterocycles. The minimum atomic E-state index is 0.0226. The van der Waals surface area contributed by atoms with Crippen LogP contribution in [-0.2, 0) is 17.8 Å². The van der Waals surface area contributed by atoms with Gasteiger partial charge in [-0.25, -0.2) is 4.98 Å². The molecule has 0 fully saturated rings. The number of nitrogens with zero attached hydrogens (tertiary/aromatic N) is 1. The number of halogens is 1. The van der Waals surface area contributed by atoms with E-state index in [1.165, 1.54) is 11.3 Å². The van der Waals surface area contributed by atoms with Gasteiger partial charge in [0.05, 0.1) is 17.1 Å². The third-order valence-electron chi connectivity index (χ3n) is 3.49. The van der Waals surface area contributed by atoms with E-state index < -0.39 is 0 Å². The second-order valence-corrected chi connectivity index (χ2v) is 7.12. The van der Waals surface area contributed by atoms with Crippen LogP contribution < -0.4 is 5.32 Å². The lowest BCUT2D eigenvalue weighted by atomic mass is 10.2. The SMILES string of the molecule is O=C(CCCc1ncc(-c2ccccc2)o1)NCc1ccc(Cl)s1. The number of aryl methyl sites for hydroxylation is 1. The molecule has 0 radical (unpaired) electrons. The molecule has 124 valence electrons. The third-order valence-corrected chi connectivity index (χ3v) is 4.73. The van der Waals surface area contributed by atoms with Gasteiger partial charge in [-0.05, 0) is 18.6 Å². The van der Waals surface area contributed by atoms with Crippen LogP contribution in [-0.4, -0.2) is 10.9 Å². The highest BCUT2D eigenvalue weighted by Crippen LogP contribution is 2.21. The largest absolute Gasteiger partial charge is 0.441 e. The number of carbonyl (C=O) groups is 1. The van der Waals surface area contributed by atoms with Crippen LogP contribution >= 0.6 is 22.9 Å². The zero-order valence-electron chi connectivity index (χ0n) is 13.0. The number of benzene rings is 1. The Kier molecular flexibility index (Phi) is 5.67. The van der Waals surface area contributed by atoms with E-state index in [1.807, 2.05) is 42.5 Å². The second-order valence-electron chi connectivity index (χ2n) is 5.32. The quantitative estimate of drug-likeness (QED) is 0.664. The normalized spacial score (nSPS) is 10.7. The highest BCUT2D eigenvalue weighted by atomic mass is 35.5. The van der Waals surface area contributed by atoms with Crippen molar-refractivity contribution >= 4 is 28.8 Å². The highest BCUT2D eigenvalue weighted by Gasteiger charge is 2.08. The first-order valence-corrected chi connectivity index (χ1v) is 8.91. The number of oxazole rings is 1. The standard InChI is InChI=1S/C18H17ClN2O2S/c19-16-10-9-14(24-16)11-20-17(22)7-4-8-18-21-12-15(23-18)13-5-2-1-3-6-13/h1-3,5-6,9-10,12H,4,7-8,11H2,(H,20,22). The maximum atomic E-state index is 11.8. The first kappa shape index (κ1) is 16.7. The summed E-state index contributed by atoms with van der Waals surface area (Å²) in [6.07, 6.45) is 3.52. The fourth-order valence-electron chi connectivity index (χ4n) is 2.28. The van der Waals surface area contributed by atoms with Crippen LogP contribution in [0.15, 0.2) is 53.1 Å². The number of aromatic nitrogens is 1. The number of thiophene rings is 1. The molecule has 4 nitrogen and oxygen atoms in total. The van der Waals surface area contributed by atoms with Crippen molar-refractivity contribution in [3.8, 4) is 11.3 Å². The Morgan fingerprint density at radius 2 is 2.04 bits per heavy atom. The van der Waals surface area contributed by atoms with Crippen LogP contribution in [0.5, 0.6) is 0 Å². The number of carbonyl (C=O) groups excluding carboxylic acids is 1. The van der Waals surface area contributed by atoms with Gasteiger partial charge in [0.2, 0.25) is 5.91 Å². The Morgan fingerprint density at radius 3 is 2.79 bits per heavy atom. The Bertz CT molecular complexity index is 798. The van der Waals surface area contributed by atoms with E-state index in [2.05, 4.69) is 10.3 Å². The van der Waals surface area contributed by atoms with E-state index in [-0.39, 0.29) is 5.91 Å². The summed E-state index contributed by atoms with van der Waals surface area (Å²) in [5, 5.41) is 2.89. The Balaban J connectivity index is 1.41. The van der Waals surface area contributed by atoms with Gasteiger partial charge >= 0.3 is 0 Å². The van der Waals surface area contributed by atoms with Gasteiger partial charge in [-0.2, -0.15) is 0 Å². The smallest absolute Gasteiger partial charge is 0.220 e. The summed E-state index contributed by atoms with van der Waals surface area (Å²) in [5.41, 5.74) is 1.00. The van der Waals surface area contributed by atoms with Crippen molar-refractivity contribution < 1.29 is 9.21 Å². The molecule has 0 saturated heterocycles. The van der Waals surface area contributed by atoms with Crippen LogP contribution in [0, 0.1) is 0 Å². The Hall–Kier alpha value is -2.11. The lowest BCUT2D eigenvalue weighted by molar-refractivity contribution is -0.121. The minimum Gasteiger partial charge on any atom is -0.441 e. The topological polar surface area (TPSA) is 55.1 Å². The summed E-state index contributed by atoms with van der Waals surface area (Å²) in [6.45, 7) is 0.521. The molecule has 0 aliphatic carbocycles. The summed E-state index contributed by atoms with van der Waals surface area (Å²) in [7, 11) is 0. The molecular formula is C18H17ClN2O2S. The number of nitrogens with one attached hydrogen (secondary N) is 1. The lowest BCUT2D eigenvalue weighted by Gasteiger charge is -2.02. The van der Waals surface area contributed by atoms with Gasteiger partial charge in [-0.1, -0.05) is 41.9 Å².